The second kappa shape index (κ2) is 11.4. The molecule has 0 aromatic carbocycles. The number of nitrogens with zero attached hydrogens (tertiary/aromatic N) is 1. The molecule has 9 rings (SSSR count). The predicted octanol–water partition coefficient (Wildman–Crippen LogP) is 6.36. The normalized spacial score (nSPS) is 49.0. The van der Waals surface area contributed by atoms with Crippen LogP contribution in [0.1, 0.15) is 120 Å². The lowest BCUT2D eigenvalue weighted by Gasteiger charge is -2.60. The Labute approximate surface area is 290 Å². The second-order valence-corrected chi connectivity index (χ2v) is 19.7. The van der Waals surface area contributed by atoms with Crippen LogP contribution in [0.15, 0.2) is 0 Å². The van der Waals surface area contributed by atoms with E-state index in [1.807, 2.05) is 0 Å². The van der Waals surface area contributed by atoms with E-state index in [0.29, 0.717) is 52.4 Å². The molecule has 0 bridgehead atoms. The number of carbonyl (C=O) groups excluding carboxylic acids is 1. The van der Waals surface area contributed by atoms with Gasteiger partial charge in [0.2, 0.25) is 0 Å². The third-order valence-corrected chi connectivity index (χ3v) is 16.5. The molecular formula is C40H65NO7. The van der Waals surface area contributed by atoms with E-state index in [0.717, 1.165) is 77.4 Å². The summed E-state index contributed by atoms with van der Waals surface area (Å²) in [5.74, 6) is 3.07. The minimum atomic E-state index is -1.13. The van der Waals surface area contributed by atoms with E-state index in [2.05, 4.69) is 25.7 Å². The summed E-state index contributed by atoms with van der Waals surface area (Å²) in [5, 5.41) is 11.1. The van der Waals surface area contributed by atoms with Gasteiger partial charge in [0.25, 0.3) is 0 Å². The van der Waals surface area contributed by atoms with Gasteiger partial charge in [0.1, 0.15) is 0 Å². The van der Waals surface area contributed by atoms with Gasteiger partial charge in [-0.05, 0) is 142 Å². The number of rotatable bonds is 8. The van der Waals surface area contributed by atoms with Crippen LogP contribution in [0, 0.1) is 51.2 Å². The summed E-state index contributed by atoms with van der Waals surface area (Å²) in [6.07, 6.45) is 14.6. The Hall–Kier alpha value is -0.770. The van der Waals surface area contributed by atoms with E-state index < -0.39 is 11.7 Å². The highest BCUT2D eigenvalue weighted by molar-refractivity contribution is 5.70. The molecular weight excluding hydrogens is 606 g/mol. The molecule has 0 aromatic rings. The second-order valence-electron chi connectivity index (χ2n) is 19.7. The molecule has 3 heterocycles. The van der Waals surface area contributed by atoms with E-state index in [4.69, 9.17) is 23.7 Å². The van der Waals surface area contributed by atoms with Crippen molar-refractivity contribution in [3.63, 3.8) is 0 Å². The Balaban J connectivity index is 0.00000348. The number of carbonyl (C=O) groups is 1. The molecule has 6 aliphatic carbocycles. The Morgan fingerprint density at radius 2 is 1.77 bits per heavy atom. The Bertz CT molecular complexity index is 1270. The summed E-state index contributed by atoms with van der Waals surface area (Å²) < 4.78 is 31.6. The van der Waals surface area contributed by atoms with Crippen LogP contribution in [-0.2, 0) is 28.5 Å². The van der Waals surface area contributed by atoms with Crippen LogP contribution in [0.3, 0.4) is 0 Å². The molecule has 3 saturated heterocycles. The number of esters is 1. The zero-order chi connectivity index (χ0) is 33.3. The van der Waals surface area contributed by atoms with Crippen LogP contribution in [-0.4, -0.2) is 91.2 Å². The first-order valence-corrected chi connectivity index (χ1v) is 20.0. The van der Waals surface area contributed by atoms with Gasteiger partial charge < -0.3 is 28.8 Å². The topological polar surface area (TPSA) is 86.7 Å². The standard InChI is InChI=1S/C40H63NO7.H2/c1-36(2)31-11-9-26-28-19-30-27(8-10-29(46-30)35(37(3,4)43)48-33(42)18-24-6-7-24)38(28,5)14-15-39(26)23-40(31,39)13-12-32(36)47-34-20-41(16-17-45-34)25-21-44-22-25;/h24-32,34-35,43H,6-23H2,1-5H3;1H/t26?,27?,28?,29?,30?,31?,32-,34?,35-,38?,39-,40?;/m0./s1. The molecule has 3 aliphatic heterocycles. The van der Waals surface area contributed by atoms with Crippen LogP contribution in [0.25, 0.3) is 0 Å². The van der Waals surface area contributed by atoms with Crippen molar-refractivity contribution >= 4 is 5.97 Å². The van der Waals surface area contributed by atoms with Gasteiger partial charge in [0, 0.05) is 14.4 Å². The van der Waals surface area contributed by atoms with Crippen molar-refractivity contribution in [1.29, 1.82) is 0 Å². The van der Waals surface area contributed by atoms with E-state index >= 15 is 0 Å². The van der Waals surface area contributed by atoms with Crippen molar-refractivity contribution in [1.82, 2.24) is 4.90 Å². The molecule has 2 spiro atoms. The molecule has 0 aromatic heterocycles. The first kappa shape index (κ1) is 33.1. The van der Waals surface area contributed by atoms with Gasteiger partial charge in [-0.1, -0.05) is 20.8 Å². The maximum atomic E-state index is 12.8. The zero-order valence-electron chi connectivity index (χ0n) is 30.4. The Morgan fingerprint density at radius 1 is 0.979 bits per heavy atom. The highest BCUT2D eigenvalue weighted by atomic mass is 16.7. The van der Waals surface area contributed by atoms with Gasteiger partial charge in [0.15, 0.2) is 12.4 Å². The summed E-state index contributed by atoms with van der Waals surface area (Å²) in [6.45, 7) is 15.5. The molecule has 48 heavy (non-hydrogen) atoms. The summed E-state index contributed by atoms with van der Waals surface area (Å²) >= 11 is 0. The Morgan fingerprint density at radius 3 is 2.50 bits per heavy atom. The average molecular weight is 672 g/mol. The predicted molar refractivity (Wildman–Crippen MR) is 182 cm³/mol. The number of morpholine rings is 1. The molecule has 0 amide bonds. The number of hydrogen-bond donors (Lipinski definition) is 1. The molecule has 8 heteroatoms. The fraction of sp³-hybridized carbons (Fsp3) is 0.975. The summed E-state index contributed by atoms with van der Waals surface area (Å²) in [4.78, 5) is 15.3. The molecule has 6 saturated carbocycles. The molecule has 272 valence electrons. The smallest absolute Gasteiger partial charge is 0.306 e. The van der Waals surface area contributed by atoms with E-state index in [9.17, 15) is 9.90 Å². The van der Waals surface area contributed by atoms with Crippen molar-refractivity contribution < 1.29 is 35.0 Å². The molecule has 0 radical (unpaired) electrons. The third kappa shape index (κ3) is 5.06. The lowest BCUT2D eigenvalue weighted by molar-refractivity contribution is -0.253. The van der Waals surface area contributed by atoms with Crippen molar-refractivity contribution in [2.75, 3.05) is 32.9 Å². The van der Waals surface area contributed by atoms with Crippen LogP contribution >= 0.6 is 0 Å². The largest absolute Gasteiger partial charge is 0.457 e. The van der Waals surface area contributed by atoms with Crippen LogP contribution in [0.4, 0.5) is 0 Å². The van der Waals surface area contributed by atoms with Crippen molar-refractivity contribution in [3.8, 4) is 0 Å². The number of aliphatic hydroxyl groups is 1. The van der Waals surface area contributed by atoms with Crippen LogP contribution < -0.4 is 0 Å². The van der Waals surface area contributed by atoms with E-state index in [-0.39, 0.29) is 37.4 Å². The highest BCUT2D eigenvalue weighted by Gasteiger charge is 2.80. The van der Waals surface area contributed by atoms with Crippen LogP contribution in [0.5, 0.6) is 0 Å². The number of hydrogen-bond acceptors (Lipinski definition) is 8. The van der Waals surface area contributed by atoms with Crippen molar-refractivity contribution in [3.05, 3.63) is 0 Å². The highest BCUT2D eigenvalue weighted by Crippen LogP contribution is 2.87. The van der Waals surface area contributed by atoms with Crippen molar-refractivity contribution in [2.45, 2.75) is 160 Å². The summed E-state index contributed by atoms with van der Waals surface area (Å²) in [7, 11) is 0. The fourth-order valence-electron chi connectivity index (χ4n) is 13.8. The minimum Gasteiger partial charge on any atom is -0.457 e. The molecule has 12 atom stereocenters. The first-order chi connectivity index (χ1) is 22.8. The van der Waals surface area contributed by atoms with E-state index in [1.54, 1.807) is 13.8 Å². The first-order valence-electron chi connectivity index (χ1n) is 20.0. The van der Waals surface area contributed by atoms with Crippen molar-refractivity contribution in [2.24, 2.45) is 51.2 Å². The quantitative estimate of drug-likeness (QED) is 0.299. The lowest BCUT2D eigenvalue weighted by Crippen LogP contribution is -2.58. The lowest BCUT2D eigenvalue weighted by atomic mass is 9.46. The molecule has 9 unspecified atom stereocenters. The van der Waals surface area contributed by atoms with Gasteiger partial charge in [-0.3, -0.25) is 9.69 Å². The molecule has 8 nitrogen and oxygen atoms in total. The Kier molecular flexibility index (Phi) is 7.83. The zero-order valence-corrected chi connectivity index (χ0v) is 30.4. The van der Waals surface area contributed by atoms with Gasteiger partial charge >= 0.3 is 5.97 Å². The number of fused-ring (bicyclic) bond motifs is 4. The van der Waals surface area contributed by atoms with Crippen LogP contribution in [0.2, 0.25) is 0 Å². The number of ether oxygens (including phenoxy) is 5. The summed E-state index contributed by atoms with van der Waals surface area (Å²) in [6, 6.07) is 0.536. The van der Waals surface area contributed by atoms with Gasteiger partial charge in [-0.25, -0.2) is 0 Å². The molecule has 9 fully saturated rings. The SMILES string of the molecule is CC12CC[C@@]34CC35CC[C@H](OC3CN(C6COC6)CCO3)C(C)(C)C5CCC4C1CC1OC([C@H](OC(=O)CC3CC3)C(C)(C)O)CCC12.[HH]. The summed E-state index contributed by atoms with van der Waals surface area (Å²) in [5.41, 5.74) is 0.300. The van der Waals surface area contributed by atoms with E-state index in [1.165, 1.54) is 38.5 Å². The monoisotopic (exact) mass is 671 g/mol. The third-order valence-electron chi connectivity index (χ3n) is 16.5. The average Bonchev–Trinajstić information content (AvgIpc) is 3.91. The molecule has 1 N–H and O–H groups in total. The minimum absolute atomic E-state index is 0. The molecule has 9 aliphatic rings. The van der Waals surface area contributed by atoms with Gasteiger partial charge in [0.05, 0.1) is 56.3 Å². The fourth-order valence-corrected chi connectivity index (χ4v) is 13.8. The maximum Gasteiger partial charge on any atom is 0.306 e. The van der Waals surface area contributed by atoms with Gasteiger partial charge in [-0.2, -0.15) is 0 Å². The van der Waals surface area contributed by atoms with Gasteiger partial charge in [-0.15, -0.1) is 0 Å². The maximum absolute atomic E-state index is 12.8.